The van der Waals surface area contributed by atoms with E-state index in [0.717, 1.165) is 31.1 Å². The van der Waals surface area contributed by atoms with Gasteiger partial charge in [-0.2, -0.15) is 4.98 Å². The summed E-state index contributed by atoms with van der Waals surface area (Å²) in [5.41, 5.74) is 0.683. The number of nitrogens with one attached hydrogen (secondary N) is 1. The Hall–Kier alpha value is -3.14. The summed E-state index contributed by atoms with van der Waals surface area (Å²) in [6.07, 6.45) is 4.85. The van der Waals surface area contributed by atoms with Gasteiger partial charge in [0.05, 0.1) is 14.2 Å². The molecule has 0 atom stereocenters. The number of nitrogens with zero attached hydrogens (tertiary/aromatic N) is 4. The maximum absolute atomic E-state index is 12.9. The molecule has 1 N–H and O–H groups in total. The summed E-state index contributed by atoms with van der Waals surface area (Å²) in [6.45, 7) is 1.74. The molecule has 1 aliphatic rings. The zero-order valence-electron chi connectivity index (χ0n) is 16.9. The van der Waals surface area contributed by atoms with Crippen molar-refractivity contribution in [3.8, 4) is 11.5 Å². The van der Waals surface area contributed by atoms with Crippen LogP contribution < -0.4 is 25.2 Å². The van der Waals surface area contributed by atoms with Gasteiger partial charge in [-0.1, -0.05) is 11.3 Å². The topological polar surface area (TPSA) is 98.6 Å². The van der Waals surface area contributed by atoms with E-state index in [1.165, 1.54) is 42.9 Å². The molecule has 1 saturated heterocycles. The molecule has 30 heavy (non-hydrogen) atoms. The van der Waals surface area contributed by atoms with Gasteiger partial charge in [0, 0.05) is 37.0 Å². The first kappa shape index (κ1) is 20.1. The molecule has 1 amide bonds. The van der Waals surface area contributed by atoms with Crippen molar-refractivity contribution in [2.45, 2.75) is 25.8 Å². The fourth-order valence-corrected chi connectivity index (χ4v) is 4.42. The second-order valence-corrected chi connectivity index (χ2v) is 8.00. The lowest BCUT2D eigenvalue weighted by atomic mass is 10.1. The zero-order chi connectivity index (χ0) is 21.1. The SMILES string of the molecule is COc1cc(NC(=O)Cn2cnc3nc(N4CCCCC4)sc3c2=O)cc(OC)c1. The van der Waals surface area contributed by atoms with E-state index in [2.05, 4.69) is 20.2 Å². The lowest BCUT2D eigenvalue weighted by Crippen LogP contribution is -2.29. The van der Waals surface area contributed by atoms with Crippen molar-refractivity contribution < 1.29 is 14.3 Å². The summed E-state index contributed by atoms with van der Waals surface area (Å²) >= 11 is 1.34. The fourth-order valence-electron chi connectivity index (χ4n) is 3.40. The van der Waals surface area contributed by atoms with Crippen LogP contribution >= 0.6 is 11.3 Å². The Labute approximate surface area is 177 Å². The summed E-state index contributed by atoms with van der Waals surface area (Å²) in [5, 5.41) is 3.58. The number of ether oxygens (including phenoxy) is 2. The van der Waals surface area contributed by atoms with E-state index >= 15 is 0 Å². The van der Waals surface area contributed by atoms with Crippen LogP contribution in [0.4, 0.5) is 10.8 Å². The second-order valence-electron chi connectivity index (χ2n) is 7.02. The van der Waals surface area contributed by atoms with Gasteiger partial charge in [-0.25, -0.2) is 4.98 Å². The number of amides is 1. The first-order valence-electron chi connectivity index (χ1n) is 9.71. The highest BCUT2D eigenvalue weighted by molar-refractivity contribution is 7.22. The predicted octanol–water partition coefficient (Wildman–Crippen LogP) is 2.50. The average molecular weight is 430 g/mol. The van der Waals surface area contributed by atoms with Gasteiger partial charge in [0.2, 0.25) is 5.91 Å². The van der Waals surface area contributed by atoms with E-state index in [1.54, 1.807) is 18.2 Å². The van der Waals surface area contributed by atoms with Crippen LogP contribution in [0.25, 0.3) is 10.3 Å². The number of benzene rings is 1. The molecule has 0 aliphatic carbocycles. The molecule has 1 fully saturated rings. The molecule has 0 spiro atoms. The normalized spacial score (nSPS) is 14.0. The smallest absolute Gasteiger partial charge is 0.273 e. The number of carbonyl (C=O) groups excluding carboxylic acids is 1. The Morgan fingerprint density at radius 1 is 1.13 bits per heavy atom. The number of carbonyl (C=O) groups is 1. The second kappa shape index (κ2) is 8.70. The minimum atomic E-state index is -0.352. The van der Waals surface area contributed by atoms with Crippen LogP contribution in [0.1, 0.15) is 19.3 Å². The summed E-state index contributed by atoms with van der Waals surface area (Å²) in [5.74, 6) is 0.758. The molecule has 0 bridgehead atoms. The van der Waals surface area contributed by atoms with Gasteiger partial charge in [-0.15, -0.1) is 0 Å². The number of hydrogen-bond acceptors (Lipinski definition) is 8. The Morgan fingerprint density at radius 2 is 1.83 bits per heavy atom. The van der Waals surface area contributed by atoms with Gasteiger partial charge in [-0.05, 0) is 19.3 Å². The summed E-state index contributed by atoms with van der Waals surface area (Å²) in [4.78, 5) is 36.4. The number of methoxy groups -OCH3 is 2. The Bertz CT molecular complexity index is 1100. The molecule has 1 aromatic carbocycles. The Kier molecular flexibility index (Phi) is 5.84. The number of anilines is 2. The average Bonchev–Trinajstić information content (AvgIpc) is 3.21. The highest BCUT2D eigenvalue weighted by Crippen LogP contribution is 2.28. The van der Waals surface area contributed by atoms with Gasteiger partial charge in [0.15, 0.2) is 10.8 Å². The molecule has 3 aromatic rings. The van der Waals surface area contributed by atoms with E-state index in [9.17, 15) is 9.59 Å². The van der Waals surface area contributed by atoms with Crippen LogP contribution in [0, 0.1) is 0 Å². The molecule has 10 heteroatoms. The van der Waals surface area contributed by atoms with Gasteiger partial charge < -0.3 is 19.7 Å². The third-order valence-corrected chi connectivity index (χ3v) is 6.04. The summed E-state index contributed by atoms with van der Waals surface area (Å²) in [6, 6.07) is 5.07. The highest BCUT2D eigenvalue weighted by atomic mass is 32.1. The van der Waals surface area contributed by atoms with Crippen molar-refractivity contribution >= 4 is 38.4 Å². The number of piperidine rings is 1. The van der Waals surface area contributed by atoms with Gasteiger partial charge >= 0.3 is 0 Å². The van der Waals surface area contributed by atoms with Crippen molar-refractivity contribution in [2.24, 2.45) is 0 Å². The minimum Gasteiger partial charge on any atom is -0.497 e. The Balaban J connectivity index is 1.53. The molecule has 1 aliphatic heterocycles. The standard InChI is InChI=1S/C20H23N5O4S/c1-28-14-8-13(9-15(10-14)29-2)22-16(26)11-25-12-21-18-17(19(25)27)30-20(23-18)24-6-4-3-5-7-24/h8-10,12H,3-7,11H2,1-2H3,(H,22,26). The molecule has 0 saturated carbocycles. The molecule has 2 aromatic heterocycles. The monoisotopic (exact) mass is 429 g/mol. The summed E-state index contributed by atoms with van der Waals surface area (Å²) < 4.78 is 12.2. The van der Waals surface area contributed by atoms with E-state index in [1.807, 2.05) is 0 Å². The maximum atomic E-state index is 12.9. The lowest BCUT2D eigenvalue weighted by Gasteiger charge is -2.25. The number of fused-ring (bicyclic) bond motifs is 1. The van der Waals surface area contributed by atoms with E-state index in [-0.39, 0.29) is 18.0 Å². The third-order valence-electron chi connectivity index (χ3n) is 4.95. The quantitative estimate of drug-likeness (QED) is 0.643. The minimum absolute atomic E-state index is 0.155. The van der Waals surface area contributed by atoms with E-state index in [4.69, 9.17) is 9.47 Å². The van der Waals surface area contributed by atoms with E-state index in [0.29, 0.717) is 27.5 Å². The fraction of sp³-hybridized carbons (Fsp3) is 0.400. The van der Waals surface area contributed by atoms with Crippen LogP contribution in [0.2, 0.25) is 0 Å². The Morgan fingerprint density at radius 3 is 2.50 bits per heavy atom. The van der Waals surface area contributed by atoms with Crippen molar-refractivity contribution in [1.29, 1.82) is 0 Å². The van der Waals surface area contributed by atoms with Gasteiger partial charge in [0.25, 0.3) is 5.56 Å². The first-order chi connectivity index (χ1) is 14.6. The largest absolute Gasteiger partial charge is 0.497 e. The maximum Gasteiger partial charge on any atom is 0.273 e. The molecule has 0 unspecified atom stereocenters. The van der Waals surface area contributed by atoms with E-state index < -0.39 is 0 Å². The molecule has 4 rings (SSSR count). The molecular weight excluding hydrogens is 406 g/mol. The lowest BCUT2D eigenvalue weighted by molar-refractivity contribution is -0.116. The molecule has 3 heterocycles. The van der Waals surface area contributed by atoms with Crippen LogP contribution in [0.5, 0.6) is 11.5 Å². The third kappa shape index (κ3) is 4.23. The molecule has 9 nitrogen and oxygen atoms in total. The highest BCUT2D eigenvalue weighted by Gasteiger charge is 2.18. The molecule has 158 valence electrons. The van der Waals surface area contributed by atoms with Crippen molar-refractivity contribution in [3.63, 3.8) is 0 Å². The molecular formula is C20H23N5O4S. The number of aromatic nitrogens is 3. The number of thiazole rings is 1. The number of hydrogen-bond donors (Lipinski definition) is 1. The van der Waals surface area contributed by atoms with Gasteiger partial charge in [0.1, 0.15) is 29.1 Å². The number of rotatable bonds is 6. The van der Waals surface area contributed by atoms with Crippen molar-refractivity contribution in [2.75, 3.05) is 37.5 Å². The van der Waals surface area contributed by atoms with Crippen molar-refractivity contribution in [3.05, 3.63) is 34.9 Å². The van der Waals surface area contributed by atoms with Crippen LogP contribution in [-0.4, -0.2) is 47.8 Å². The van der Waals surface area contributed by atoms with Crippen molar-refractivity contribution in [1.82, 2.24) is 14.5 Å². The van der Waals surface area contributed by atoms with Crippen LogP contribution in [0.15, 0.2) is 29.3 Å². The molecule has 0 radical (unpaired) electrons. The van der Waals surface area contributed by atoms with Crippen LogP contribution in [-0.2, 0) is 11.3 Å². The predicted molar refractivity (Wildman–Crippen MR) is 116 cm³/mol. The zero-order valence-corrected chi connectivity index (χ0v) is 17.7. The van der Waals surface area contributed by atoms with Crippen LogP contribution in [0.3, 0.4) is 0 Å². The van der Waals surface area contributed by atoms with Gasteiger partial charge in [-0.3, -0.25) is 14.2 Å². The summed E-state index contributed by atoms with van der Waals surface area (Å²) in [7, 11) is 3.07. The first-order valence-corrected chi connectivity index (χ1v) is 10.5.